The van der Waals surface area contributed by atoms with E-state index in [4.69, 9.17) is 0 Å². The summed E-state index contributed by atoms with van der Waals surface area (Å²) in [5.74, 6) is 0.439. The maximum absolute atomic E-state index is 13.0. The number of fused-ring (bicyclic) bond motifs is 1. The summed E-state index contributed by atoms with van der Waals surface area (Å²) in [6, 6.07) is 10.5. The van der Waals surface area contributed by atoms with Crippen LogP contribution in [0.2, 0.25) is 0 Å². The van der Waals surface area contributed by atoms with E-state index in [-0.39, 0.29) is 23.4 Å². The maximum atomic E-state index is 13.0. The molecule has 1 saturated carbocycles. The molecule has 1 aliphatic heterocycles. The lowest BCUT2D eigenvalue weighted by Gasteiger charge is -2.35. The second-order valence-electron chi connectivity index (χ2n) is 8.03. The summed E-state index contributed by atoms with van der Waals surface area (Å²) >= 11 is 0. The number of likely N-dealkylation sites (tertiary alicyclic amines) is 1. The first kappa shape index (κ1) is 17.9. The predicted octanol–water partition coefficient (Wildman–Crippen LogP) is 1.45. The van der Waals surface area contributed by atoms with Crippen molar-refractivity contribution < 1.29 is 9.90 Å². The van der Waals surface area contributed by atoms with E-state index in [9.17, 15) is 14.7 Å². The predicted molar refractivity (Wildman–Crippen MR) is 106 cm³/mol. The zero-order valence-corrected chi connectivity index (χ0v) is 15.9. The van der Waals surface area contributed by atoms with E-state index >= 15 is 0 Å². The van der Waals surface area contributed by atoms with Crippen molar-refractivity contribution in [2.45, 2.75) is 25.0 Å². The third-order valence-corrected chi connectivity index (χ3v) is 6.27. The lowest BCUT2D eigenvalue weighted by Crippen LogP contribution is -2.35. The van der Waals surface area contributed by atoms with Gasteiger partial charge >= 0.3 is 0 Å². The van der Waals surface area contributed by atoms with Gasteiger partial charge in [-0.3, -0.25) is 14.7 Å². The van der Waals surface area contributed by atoms with Crippen LogP contribution in [0.1, 0.15) is 29.4 Å². The molecular formula is C21H23N5O3. The van der Waals surface area contributed by atoms with Crippen LogP contribution >= 0.6 is 0 Å². The van der Waals surface area contributed by atoms with Crippen LogP contribution in [0.4, 0.5) is 0 Å². The van der Waals surface area contributed by atoms with E-state index in [1.165, 1.54) is 10.7 Å². The first-order valence-corrected chi connectivity index (χ1v) is 9.92. The van der Waals surface area contributed by atoms with Crippen molar-refractivity contribution in [3.8, 4) is 5.69 Å². The SMILES string of the molecule is O=C(c1cc(=O)n(-c2ccccc2)[nH]1)N1C[C@H]2C[C@@H](n3ccnc3)[C@H](O)C[C@H]2C1. The first-order valence-electron chi connectivity index (χ1n) is 9.92. The number of aromatic nitrogens is 4. The van der Waals surface area contributed by atoms with Crippen LogP contribution in [-0.4, -0.2) is 54.4 Å². The Balaban J connectivity index is 1.33. The van der Waals surface area contributed by atoms with Crippen LogP contribution in [0.5, 0.6) is 0 Å². The fourth-order valence-electron chi connectivity index (χ4n) is 4.80. The number of para-hydroxylation sites is 1. The molecule has 1 amide bonds. The van der Waals surface area contributed by atoms with Crippen molar-refractivity contribution in [3.63, 3.8) is 0 Å². The molecule has 0 bridgehead atoms. The van der Waals surface area contributed by atoms with Crippen LogP contribution in [0.3, 0.4) is 0 Å². The van der Waals surface area contributed by atoms with Gasteiger partial charge in [0.05, 0.1) is 24.2 Å². The van der Waals surface area contributed by atoms with E-state index in [1.807, 2.05) is 41.1 Å². The smallest absolute Gasteiger partial charge is 0.271 e. The summed E-state index contributed by atoms with van der Waals surface area (Å²) in [6.07, 6.45) is 6.37. The van der Waals surface area contributed by atoms with Crippen LogP contribution in [0, 0.1) is 11.8 Å². The second kappa shape index (κ2) is 7.04. The number of benzene rings is 1. The first-order chi connectivity index (χ1) is 14.1. The van der Waals surface area contributed by atoms with Crippen molar-refractivity contribution in [3.05, 3.63) is 71.2 Å². The van der Waals surface area contributed by atoms with Crippen molar-refractivity contribution in [1.29, 1.82) is 0 Å². The average Bonchev–Trinajstić information content (AvgIpc) is 3.46. The number of nitrogens with one attached hydrogen (secondary N) is 1. The largest absolute Gasteiger partial charge is 0.391 e. The molecule has 3 aromatic rings. The van der Waals surface area contributed by atoms with Crippen molar-refractivity contribution in [1.82, 2.24) is 24.2 Å². The van der Waals surface area contributed by atoms with Gasteiger partial charge in [-0.25, -0.2) is 9.67 Å². The molecule has 29 heavy (non-hydrogen) atoms. The zero-order valence-electron chi connectivity index (χ0n) is 15.9. The summed E-state index contributed by atoms with van der Waals surface area (Å²) in [4.78, 5) is 31.3. The van der Waals surface area contributed by atoms with Crippen LogP contribution in [-0.2, 0) is 0 Å². The third-order valence-electron chi connectivity index (χ3n) is 6.27. The van der Waals surface area contributed by atoms with Gasteiger partial charge in [0, 0.05) is 31.5 Å². The Morgan fingerprint density at radius 1 is 1.14 bits per heavy atom. The van der Waals surface area contributed by atoms with Crippen LogP contribution in [0.15, 0.2) is 59.9 Å². The number of aliphatic hydroxyl groups excluding tert-OH is 1. The molecule has 1 aliphatic carbocycles. The van der Waals surface area contributed by atoms with Gasteiger partial charge in [0.15, 0.2) is 0 Å². The van der Waals surface area contributed by atoms with Gasteiger partial charge in [0.25, 0.3) is 11.5 Å². The summed E-state index contributed by atoms with van der Waals surface area (Å²) in [5.41, 5.74) is 0.730. The number of nitrogens with zero attached hydrogens (tertiary/aromatic N) is 4. The molecule has 0 spiro atoms. The lowest BCUT2D eigenvalue weighted by molar-refractivity contribution is 0.0357. The van der Waals surface area contributed by atoms with Crippen LogP contribution in [0.25, 0.3) is 5.69 Å². The number of hydrogen-bond donors (Lipinski definition) is 2. The number of rotatable bonds is 3. The molecule has 1 aromatic carbocycles. The van der Waals surface area contributed by atoms with Gasteiger partial charge in [-0.2, -0.15) is 0 Å². The molecule has 2 aromatic heterocycles. The highest BCUT2D eigenvalue weighted by atomic mass is 16.3. The number of carbonyl (C=O) groups excluding carboxylic acids is 1. The fraction of sp³-hybridized carbons (Fsp3) is 0.381. The molecule has 3 heterocycles. The maximum Gasteiger partial charge on any atom is 0.271 e. The number of amides is 1. The molecule has 5 rings (SSSR count). The number of aliphatic hydroxyl groups is 1. The van der Waals surface area contributed by atoms with E-state index < -0.39 is 6.10 Å². The molecule has 2 fully saturated rings. The normalized spacial score (nSPS) is 26.4. The summed E-state index contributed by atoms with van der Waals surface area (Å²) in [6.45, 7) is 1.25. The molecule has 150 valence electrons. The summed E-state index contributed by atoms with van der Waals surface area (Å²) in [7, 11) is 0. The molecule has 0 radical (unpaired) electrons. The molecule has 2 N–H and O–H groups in total. The van der Waals surface area contributed by atoms with Gasteiger partial charge in [0.1, 0.15) is 5.69 Å². The van der Waals surface area contributed by atoms with E-state index in [2.05, 4.69) is 10.1 Å². The van der Waals surface area contributed by atoms with Gasteiger partial charge in [-0.05, 0) is 36.8 Å². The Morgan fingerprint density at radius 3 is 2.62 bits per heavy atom. The number of aromatic amines is 1. The Bertz CT molecular complexity index is 1060. The summed E-state index contributed by atoms with van der Waals surface area (Å²) in [5, 5.41) is 13.5. The van der Waals surface area contributed by atoms with Crippen molar-refractivity contribution in [2.24, 2.45) is 11.8 Å². The molecule has 1 saturated heterocycles. The summed E-state index contributed by atoms with van der Waals surface area (Å²) < 4.78 is 3.35. The molecule has 8 nitrogen and oxygen atoms in total. The molecule has 4 atom stereocenters. The monoisotopic (exact) mass is 393 g/mol. The quantitative estimate of drug-likeness (QED) is 0.704. The van der Waals surface area contributed by atoms with E-state index in [1.54, 1.807) is 17.4 Å². The van der Waals surface area contributed by atoms with Gasteiger partial charge in [-0.15, -0.1) is 0 Å². The van der Waals surface area contributed by atoms with E-state index in [0.29, 0.717) is 36.8 Å². The zero-order chi connectivity index (χ0) is 20.0. The molecule has 8 heteroatoms. The highest BCUT2D eigenvalue weighted by molar-refractivity contribution is 5.92. The fourth-order valence-corrected chi connectivity index (χ4v) is 4.80. The average molecular weight is 393 g/mol. The topological polar surface area (TPSA) is 96.2 Å². The highest BCUT2D eigenvalue weighted by Crippen LogP contribution is 2.41. The van der Waals surface area contributed by atoms with E-state index in [0.717, 1.165) is 6.42 Å². The third kappa shape index (κ3) is 3.19. The Morgan fingerprint density at radius 2 is 1.90 bits per heavy atom. The van der Waals surface area contributed by atoms with Gasteiger partial charge < -0.3 is 14.6 Å². The number of H-pyrrole nitrogens is 1. The Kier molecular flexibility index (Phi) is 4.35. The minimum Gasteiger partial charge on any atom is -0.391 e. The van der Waals surface area contributed by atoms with Crippen LogP contribution < -0.4 is 5.56 Å². The molecular weight excluding hydrogens is 370 g/mol. The standard InChI is InChI=1S/C21H23N5O3/c27-19-9-15-12-25(11-14(15)8-18(19)24-7-6-22-13-24)21(29)17-10-20(28)26(23-17)16-4-2-1-3-5-16/h1-7,10,13-15,18-19,23,27H,8-9,11-12H2/t14-,15+,18-,19-/m1/s1. The number of imidazole rings is 1. The van der Waals surface area contributed by atoms with Gasteiger partial charge in [0.2, 0.25) is 0 Å². The molecule has 0 unspecified atom stereocenters. The van der Waals surface area contributed by atoms with Crippen molar-refractivity contribution >= 4 is 5.91 Å². The minimum atomic E-state index is -0.445. The van der Waals surface area contributed by atoms with Crippen molar-refractivity contribution in [2.75, 3.05) is 13.1 Å². The molecule has 2 aliphatic rings. The Hall–Kier alpha value is -3.13. The minimum absolute atomic E-state index is 0.00669. The number of hydrogen-bond acceptors (Lipinski definition) is 4. The lowest BCUT2D eigenvalue weighted by atomic mass is 9.77. The second-order valence-corrected chi connectivity index (χ2v) is 8.03. The Labute approximate surface area is 167 Å². The number of carbonyl (C=O) groups is 1. The highest BCUT2D eigenvalue weighted by Gasteiger charge is 2.43. The van der Waals surface area contributed by atoms with Gasteiger partial charge in [-0.1, -0.05) is 18.2 Å².